The van der Waals surface area contributed by atoms with Crippen LogP contribution >= 0.6 is 0 Å². The molecular weight excluding hydrogens is 208 g/mol. The molecule has 0 spiro atoms. The van der Waals surface area contributed by atoms with Crippen LogP contribution in [0.2, 0.25) is 0 Å². The molecule has 0 bridgehead atoms. The van der Waals surface area contributed by atoms with Gasteiger partial charge in [0.15, 0.2) is 0 Å². The lowest BCUT2D eigenvalue weighted by atomic mass is 10.0. The first kappa shape index (κ1) is 13.4. The molecule has 1 atom stereocenters. The predicted octanol–water partition coefficient (Wildman–Crippen LogP) is -0.150. The highest BCUT2D eigenvalue weighted by atomic mass is 16.4. The van der Waals surface area contributed by atoms with Crippen LogP contribution in [-0.4, -0.2) is 71.9 Å². The highest BCUT2D eigenvalue weighted by molar-refractivity contribution is 5.66. The number of carboxylic acid groups (broad SMARTS) is 1. The average molecular weight is 230 g/mol. The number of aliphatic carboxylic acids is 1. The SMILES string of the molecule is CN(CCO)C1CCCN(CCC(=O)O)C1. The van der Waals surface area contributed by atoms with Crippen LogP contribution in [0.3, 0.4) is 0 Å². The summed E-state index contributed by atoms with van der Waals surface area (Å²) in [6, 6.07) is 0.453. The van der Waals surface area contributed by atoms with Crippen molar-refractivity contribution in [2.75, 3.05) is 39.8 Å². The summed E-state index contributed by atoms with van der Waals surface area (Å²) in [4.78, 5) is 14.9. The van der Waals surface area contributed by atoms with Crippen molar-refractivity contribution in [3.63, 3.8) is 0 Å². The van der Waals surface area contributed by atoms with Gasteiger partial charge in [-0.05, 0) is 26.4 Å². The van der Waals surface area contributed by atoms with Gasteiger partial charge in [0.05, 0.1) is 13.0 Å². The molecule has 0 aromatic heterocycles. The smallest absolute Gasteiger partial charge is 0.304 e. The van der Waals surface area contributed by atoms with Gasteiger partial charge in [-0.1, -0.05) is 0 Å². The van der Waals surface area contributed by atoms with E-state index in [-0.39, 0.29) is 13.0 Å². The van der Waals surface area contributed by atoms with Crippen LogP contribution in [0.1, 0.15) is 19.3 Å². The number of aliphatic hydroxyl groups is 1. The first-order valence-corrected chi connectivity index (χ1v) is 5.88. The van der Waals surface area contributed by atoms with Gasteiger partial charge < -0.3 is 15.1 Å². The molecule has 94 valence electrons. The number of likely N-dealkylation sites (tertiary alicyclic amines) is 1. The average Bonchev–Trinajstić information content (AvgIpc) is 2.27. The molecule has 1 rings (SSSR count). The number of aliphatic hydroxyl groups excluding tert-OH is 1. The van der Waals surface area contributed by atoms with E-state index in [1.54, 1.807) is 0 Å². The minimum atomic E-state index is -0.731. The molecule has 0 radical (unpaired) electrons. The van der Waals surface area contributed by atoms with E-state index in [0.717, 1.165) is 25.9 Å². The number of hydrogen-bond donors (Lipinski definition) is 2. The molecule has 1 saturated heterocycles. The van der Waals surface area contributed by atoms with Crippen LogP contribution < -0.4 is 0 Å². The molecule has 1 fully saturated rings. The lowest BCUT2D eigenvalue weighted by molar-refractivity contribution is -0.137. The van der Waals surface area contributed by atoms with Gasteiger partial charge in [-0.2, -0.15) is 0 Å². The molecule has 2 N–H and O–H groups in total. The van der Waals surface area contributed by atoms with Crippen molar-refractivity contribution in [1.29, 1.82) is 0 Å². The molecule has 16 heavy (non-hydrogen) atoms. The Morgan fingerprint density at radius 2 is 2.31 bits per heavy atom. The van der Waals surface area contributed by atoms with Gasteiger partial charge in [0.1, 0.15) is 0 Å². The van der Waals surface area contributed by atoms with Crippen LogP contribution in [-0.2, 0) is 4.79 Å². The fourth-order valence-electron chi connectivity index (χ4n) is 2.19. The molecule has 0 amide bonds. The van der Waals surface area contributed by atoms with Gasteiger partial charge in [0.25, 0.3) is 0 Å². The van der Waals surface area contributed by atoms with Crippen molar-refractivity contribution in [2.45, 2.75) is 25.3 Å². The molecule has 5 heteroatoms. The van der Waals surface area contributed by atoms with E-state index in [9.17, 15) is 4.79 Å². The summed E-state index contributed by atoms with van der Waals surface area (Å²) in [5.41, 5.74) is 0. The molecule has 0 aromatic rings. The highest BCUT2D eigenvalue weighted by Crippen LogP contribution is 2.14. The monoisotopic (exact) mass is 230 g/mol. The van der Waals surface area contributed by atoms with Gasteiger partial charge >= 0.3 is 5.97 Å². The number of nitrogens with zero attached hydrogens (tertiary/aromatic N) is 2. The van der Waals surface area contributed by atoms with E-state index in [2.05, 4.69) is 9.80 Å². The van der Waals surface area contributed by atoms with Gasteiger partial charge in [-0.3, -0.25) is 9.69 Å². The summed E-state index contributed by atoms with van der Waals surface area (Å²) in [5, 5.41) is 17.5. The van der Waals surface area contributed by atoms with E-state index in [1.165, 1.54) is 0 Å². The summed E-state index contributed by atoms with van der Waals surface area (Å²) in [5.74, 6) is -0.731. The van der Waals surface area contributed by atoms with Gasteiger partial charge in [0, 0.05) is 25.7 Å². The normalized spacial score (nSPS) is 22.6. The Morgan fingerprint density at radius 3 is 2.94 bits per heavy atom. The fourth-order valence-corrected chi connectivity index (χ4v) is 2.19. The standard InChI is InChI=1S/C11H22N2O3/c1-12(7-8-14)10-3-2-5-13(9-10)6-4-11(15)16/h10,14H,2-9H2,1H3,(H,15,16). The summed E-state index contributed by atoms with van der Waals surface area (Å²) in [7, 11) is 2.02. The number of hydrogen-bond acceptors (Lipinski definition) is 4. The van der Waals surface area contributed by atoms with Gasteiger partial charge in [-0.25, -0.2) is 0 Å². The molecule has 1 aliphatic rings. The van der Waals surface area contributed by atoms with E-state index in [1.807, 2.05) is 7.05 Å². The molecule has 1 aliphatic heterocycles. The third-order valence-corrected chi connectivity index (χ3v) is 3.20. The van der Waals surface area contributed by atoms with E-state index in [4.69, 9.17) is 10.2 Å². The Balaban J connectivity index is 2.31. The molecular formula is C11H22N2O3. The molecule has 0 saturated carbocycles. The highest BCUT2D eigenvalue weighted by Gasteiger charge is 2.22. The Bertz CT molecular complexity index is 223. The van der Waals surface area contributed by atoms with Crippen LogP contribution in [0.5, 0.6) is 0 Å². The lowest BCUT2D eigenvalue weighted by Crippen LogP contribution is -2.47. The van der Waals surface area contributed by atoms with Crippen molar-refractivity contribution < 1.29 is 15.0 Å². The van der Waals surface area contributed by atoms with Crippen LogP contribution in [0.25, 0.3) is 0 Å². The van der Waals surface area contributed by atoms with Crippen molar-refractivity contribution in [3.05, 3.63) is 0 Å². The third kappa shape index (κ3) is 4.47. The Hall–Kier alpha value is -0.650. The molecule has 0 aliphatic carbocycles. The number of rotatable bonds is 6. The molecule has 5 nitrogen and oxygen atoms in total. The fraction of sp³-hybridized carbons (Fsp3) is 0.909. The topological polar surface area (TPSA) is 64.0 Å². The first-order valence-electron chi connectivity index (χ1n) is 5.88. The second-order valence-corrected chi connectivity index (χ2v) is 4.44. The maximum Gasteiger partial charge on any atom is 0.304 e. The minimum absolute atomic E-state index is 0.183. The largest absolute Gasteiger partial charge is 0.481 e. The maximum absolute atomic E-state index is 10.5. The number of carboxylic acids is 1. The van der Waals surface area contributed by atoms with Crippen LogP contribution in [0.15, 0.2) is 0 Å². The zero-order valence-corrected chi connectivity index (χ0v) is 9.93. The van der Waals surface area contributed by atoms with E-state index < -0.39 is 5.97 Å². The number of piperidine rings is 1. The zero-order valence-electron chi connectivity index (χ0n) is 9.93. The number of carbonyl (C=O) groups is 1. The Labute approximate surface area is 96.7 Å². The van der Waals surface area contributed by atoms with Gasteiger partial charge in [-0.15, -0.1) is 0 Å². The minimum Gasteiger partial charge on any atom is -0.481 e. The van der Waals surface area contributed by atoms with E-state index >= 15 is 0 Å². The van der Waals surface area contributed by atoms with Crippen molar-refractivity contribution in [2.24, 2.45) is 0 Å². The predicted molar refractivity (Wildman–Crippen MR) is 61.4 cm³/mol. The lowest BCUT2D eigenvalue weighted by Gasteiger charge is -2.37. The second kappa shape index (κ2) is 6.83. The summed E-state index contributed by atoms with van der Waals surface area (Å²) >= 11 is 0. The maximum atomic E-state index is 10.5. The second-order valence-electron chi connectivity index (χ2n) is 4.44. The van der Waals surface area contributed by atoms with Crippen molar-refractivity contribution in [3.8, 4) is 0 Å². The number of likely N-dealkylation sites (N-methyl/N-ethyl adjacent to an activating group) is 1. The van der Waals surface area contributed by atoms with E-state index in [0.29, 0.717) is 19.1 Å². The Kier molecular flexibility index (Phi) is 5.73. The molecule has 1 unspecified atom stereocenters. The zero-order chi connectivity index (χ0) is 12.0. The Morgan fingerprint density at radius 1 is 1.56 bits per heavy atom. The van der Waals surface area contributed by atoms with Crippen LogP contribution in [0, 0.1) is 0 Å². The third-order valence-electron chi connectivity index (χ3n) is 3.20. The summed E-state index contributed by atoms with van der Waals surface area (Å²) < 4.78 is 0. The molecule has 0 aromatic carbocycles. The van der Waals surface area contributed by atoms with Crippen molar-refractivity contribution >= 4 is 5.97 Å². The molecule has 1 heterocycles. The van der Waals surface area contributed by atoms with Crippen molar-refractivity contribution in [1.82, 2.24) is 9.80 Å². The quantitative estimate of drug-likeness (QED) is 0.664. The first-order chi connectivity index (χ1) is 7.63. The summed E-state index contributed by atoms with van der Waals surface area (Å²) in [6.45, 7) is 3.43. The van der Waals surface area contributed by atoms with Gasteiger partial charge in [0.2, 0.25) is 0 Å². The van der Waals surface area contributed by atoms with Crippen LogP contribution in [0.4, 0.5) is 0 Å². The summed E-state index contributed by atoms with van der Waals surface area (Å²) in [6.07, 6.45) is 2.47.